The third kappa shape index (κ3) is 3.95. The molecule has 0 amide bonds. The first kappa shape index (κ1) is 21.5. The van der Waals surface area contributed by atoms with E-state index in [1.807, 2.05) is 13.8 Å². The van der Waals surface area contributed by atoms with Gasteiger partial charge in [-0.25, -0.2) is 4.39 Å². The largest absolute Gasteiger partial charge is 0.490 e. The minimum absolute atomic E-state index is 0.0167. The third-order valence-electron chi connectivity index (χ3n) is 5.07. The molecule has 3 N–H and O–H groups in total. The third-order valence-corrected chi connectivity index (χ3v) is 5.35. The van der Waals surface area contributed by atoms with Gasteiger partial charge in [-0.1, -0.05) is 23.7 Å². The van der Waals surface area contributed by atoms with Crippen molar-refractivity contribution in [2.75, 3.05) is 6.61 Å². The second-order valence-corrected chi connectivity index (χ2v) is 7.58. The van der Waals surface area contributed by atoms with E-state index in [0.29, 0.717) is 40.7 Å². The number of aryl methyl sites for hydroxylation is 1. The topological polar surface area (TPSA) is 106 Å². The van der Waals surface area contributed by atoms with Gasteiger partial charge in [0, 0.05) is 11.3 Å². The van der Waals surface area contributed by atoms with Crippen LogP contribution in [0.4, 0.5) is 4.39 Å². The Labute approximate surface area is 189 Å². The van der Waals surface area contributed by atoms with Crippen molar-refractivity contribution in [3.63, 3.8) is 0 Å². The minimum atomic E-state index is -0.545. The van der Waals surface area contributed by atoms with Gasteiger partial charge < -0.3 is 19.9 Å². The normalized spacial score (nSPS) is 15.0. The predicted molar refractivity (Wildman–Crippen MR) is 116 cm³/mol. The van der Waals surface area contributed by atoms with Crippen LogP contribution in [0, 0.1) is 24.1 Å². The summed E-state index contributed by atoms with van der Waals surface area (Å²) in [5, 5.41) is 17.0. The van der Waals surface area contributed by atoms with Gasteiger partial charge in [0.15, 0.2) is 11.5 Å². The van der Waals surface area contributed by atoms with Gasteiger partial charge in [0.05, 0.1) is 17.5 Å². The average Bonchev–Trinajstić information content (AvgIpc) is 3.12. The summed E-state index contributed by atoms with van der Waals surface area (Å²) in [6.45, 7) is 4.14. The van der Waals surface area contributed by atoms with E-state index < -0.39 is 5.92 Å². The SMILES string of the molecule is CCOc1cc([C@H]2C(C#N)=C(N)Oc3n[nH]c(C)c32)cc(Cl)c1OCc1cccc(F)c1. The summed E-state index contributed by atoms with van der Waals surface area (Å²) in [5.74, 6) is 0.124. The van der Waals surface area contributed by atoms with Gasteiger partial charge in [-0.3, -0.25) is 5.10 Å². The van der Waals surface area contributed by atoms with Crippen molar-refractivity contribution in [3.05, 3.63) is 81.1 Å². The van der Waals surface area contributed by atoms with Crippen molar-refractivity contribution in [1.29, 1.82) is 5.26 Å². The van der Waals surface area contributed by atoms with E-state index in [1.54, 1.807) is 24.3 Å². The number of fused-ring (bicyclic) bond motifs is 1. The lowest BCUT2D eigenvalue weighted by atomic mass is 9.84. The molecule has 1 atom stereocenters. The summed E-state index contributed by atoms with van der Waals surface area (Å²) in [6, 6.07) is 11.7. The highest BCUT2D eigenvalue weighted by Gasteiger charge is 2.35. The average molecular weight is 455 g/mol. The highest BCUT2D eigenvalue weighted by atomic mass is 35.5. The van der Waals surface area contributed by atoms with E-state index in [0.717, 1.165) is 5.69 Å². The van der Waals surface area contributed by atoms with E-state index in [9.17, 15) is 9.65 Å². The fraction of sp³-hybridized carbons (Fsp3) is 0.217. The maximum absolute atomic E-state index is 13.5. The van der Waals surface area contributed by atoms with Crippen LogP contribution in [0.5, 0.6) is 17.4 Å². The number of hydrogen-bond acceptors (Lipinski definition) is 6. The van der Waals surface area contributed by atoms with Gasteiger partial charge in [-0.05, 0) is 49.2 Å². The predicted octanol–water partition coefficient (Wildman–Crippen LogP) is 4.71. The van der Waals surface area contributed by atoms with E-state index in [4.69, 9.17) is 31.5 Å². The quantitative estimate of drug-likeness (QED) is 0.558. The smallest absolute Gasteiger partial charge is 0.244 e. The monoisotopic (exact) mass is 454 g/mol. The van der Waals surface area contributed by atoms with Crippen molar-refractivity contribution in [2.45, 2.75) is 26.4 Å². The number of hydrogen-bond donors (Lipinski definition) is 2. The number of aromatic amines is 1. The number of aromatic nitrogens is 2. The summed E-state index contributed by atoms with van der Waals surface area (Å²) in [5.41, 5.74) is 9.00. The zero-order chi connectivity index (χ0) is 22.8. The summed E-state index contributed by atoms with van der Waals surface area (Å²) in [6.07, 6.45) is 0. The molecule has 2 aromatic carbocycles. The van der Waals surface area contributed by atoms with Gasteiger partial charge in [0.1, 0.15) is 24.1 Å². The molecule has 4 rings (SSSR count). The maximum Gasteiger partial charge on any atom is 0.244 e. The number of ether oxygens (including phenoxy) is 3. The van der Waals surface area contributed by atoms with Crippen molar-refractivity contribution in [1.82, 2.24) is 10.2 Å². The molecule has 0 spiro atoms. The van der Waals surface area contributed by atoms with Crippen LogP contribution in [0.3, 0.4) is 0 Å². The molecule has 2 heterocycles. The number of nitrogens with two attached hydrogens (primary N) is 1. The van der Waals surface area contributed by atoms with E-state index in [2.05, 4.69) is 16.3 Å². The lowest BCUT2D eigenvalue weighted by Gasteiger charge is -2.25. The Morgan fingerprint density at radius 2 is 2.12 bits per heavy atom. The molecule has 0 aliphatic carbocycles. The van der Waals surface area contributed by atoms with Crippen LogP contribution in [0.2, 0.25) is 5.02 Å². The fourth-order valence-electron chi connectivity index (χ4n) is 3.67. The highest BCUT2D eigenvalue weighted by molar-refractivity contribution is 6.32. The lowest BCUT2D eigenvalue weighted by molar-refractivity contribution is 0.269. The Morgan fingerprint density at radius 3 is 2.84 bits per heavy atom. The Balaban J connectivity index is 1.76. The van der Waals surface area contributed by atoms with Crippen LogP contribution in [-0.2, 0) is 6.61 Å². The molecule has 3 aromatic rings. The Morgan fingerprint density at radius 1 is 1.31 bits per heavy atom. The molecular weight excluding hydrogens is 435 g/mol. The zero-order valence-electron chi connectivity index (χ0n) is 17.4. The highest BCUT2D eigenvalue weighted by Crippen LogP contribution is 2.46. The number of H-pyrrole nitrogens is 1. The van der Waals surface area contributed by atoms with Crippen LogP contribution >= 0.6 is 11.6 Å². The maximum atomic E-state index is 13.5. The van der Waals surface area contributed by atoms with Gasteiger partial charge in [0.25, 0.3) is 0 Å². The molecule has 0 saturated heterocycles. The molecule has 1 aliphatic rings. The molecule has 0 saturated carbocycles. The molecule has 1 aliphatic heterocycles. The first-order chi connectivity index (χ1) is 15.4. The Kier molecular flexibility index (Phi) is 5.93. The number of nitriles is 1. The van der Waals surface area contributed by atoms with Crippen molar-refractivity contribution >= 4 is 11.6 Å². The number of nitrogens with one attached hydrogen (secondary N) is 1. The molecule has 1 aromatic heterocycles. The molecule has 0 radical (unpaired) electrons. The second-order valence-electron chi connectivity index (χ2n) is 7.17. The lowest BCUT2D eigenvalue weighted by Crippen LogP contribution is -2.21. The molecule has 7 nitrogen and oxygen atoms in total. The number of allylic oxidation sites excluding steroid dienone is 1. The second kappa shape index (κ2) is 8.81. The van der Waals surface area contributed by atoms with E-state index >= 15 is 0 Å². The van der Waals surface area contributed by atoms with Gasteiger partial charge in [-0.15, -0.1) is 5.10 Å². The van der Waals surface area contributed by atoms with Crippen molar-refractivity contribution < 1.29 is 18.6 Å². The van der Waals surface area contributed by atoms with Crippen LogP contribution in [0.15, 0.2) is 47.9 Å². The Hall–Kier alpha value is -3.70. The van der Waals surface area contributed by atoms with E-state index in [1.165, 1.54) is 12.1 Å². The summed E-state index contributed by atoms with van der Waals surface area (Å²) >= 11 is 6.59. The van der Waals surface area contributed by atoms with Crippen LogP contribution in [0.25, 0.3) is 0 Å². The Bertz CT molecular complexity index is 1250. The summed E-state index contributed by atoms with van der Waals surface area (Å²) < 4.78 is 30.7. The molecule has 164 valence electrons. The minimum Gasteiger partial charge on any atom is -0.490 e. The molecule has 0 unspecified atom stereocenters. The zero-order valence-corrected chi connectivity index (χ0v) is 18.2. The molecule has 0 fully saturated rings. The van der Waals surface area contributed by atoms with Crippen LogP contribution < -0.4 is 19.9 Å². The van der Waals surface area contributed by atoms with Crippen LogP contribution in [-0.4, -0.2) is 16.8 Å². The van der Waals surface area contributed by atoms with Gasteiger partial charge >= 0.3 is 0 Å². The number of nitrogens with zero attached hydrogens (tertiary/aromatic N) is 2. The molecule has 0 bridgehead atoms. The first-order valence-corrected chi connectivity index (χ1v) is 10.3. The molecular formula is C23H20ClFN4O3. The van der Waals surface area contributed by atoms with Gasteiger partial charge in [0.2, 0.25) is 11.8 Å². The van der Waals surface area contributed by atoms with Gasteiger partial charge in [-0.2, -0.15) is 5.26 Å². The number of halogens is 2. The summed E-state index contributed by atoms with van der Waals surface area (Å²) in [4.78, 5) is 0. The number of rotatable bonds is 6. The fourth-order valence-corrected chi connectivity index (χ4v) is 3.95. The number of benzene rings is 2. The molecule has 9 heteroatoms. The van der Waals surface area contributed by atoms with Crippen molar-refractivity contribution in [2.24, 2.45) is 5.73 Å². The summed E-state index contributed by atoms with van der Waals surface area (Å²) in [7, 11) is 0. The molecule has 32 heavy (non-hydrogen) atoms. The van der Waals surface area contributed by atoms with E-state index in [-0.39, 0.29) is 28.9 Å². The van der Waals surface area contributed by atoms with Crippen LogP contribution in [0.1, 0.15) is 35.2 Å². The first-order valence-electron chi connectivity index (χ1n) is 9.88. The van der Waals surface area contributed by atoms with Crippen molar-refractivity contribution in [3.8, 4) is 23.4 Å². The standard InChI is InChI=1S/C23H20ClFN4O3/c1-3-30-18-9-14(8-17(24)21(18)31-11-13-5-4-6-15(25)7-13)20-16(10-26)22(27)32-23-19(20)12(2)28-29-23/h4-9,20H,3,11,27H2,1-2H3,(H,28,29)/t20-/m0/s1.